The zero-order valence-corrected chi connectivity index (χ0v) is 12.5. The lowest BCUT2D eigenvalue weighted by molar-refractivity contribution is 0.401. The monoisotopic (exact) mass is 310 g/mol. The summed E-state index contributed by atoms with van der Waals surface area (Å²) in [5.74, 6) is 1.01. The van der Waals surface area contributed by atoms with Gasteiger partial charge in [-0.15, -0.1) is 0 Å². The average molecular weight is 310 g/mol. The molecule has 6 nitrogen and oxygen atoms in total. The topological polar surface area (TPSA) is 94.6 Å². The zero-order chi connectivity index (χ0) is 15.3. The Morgan fingerprint density at radius 1 is 1.33 bits per heavy atom. The lowest BCUT2D eigenvalue weighted by Gasteiger charge is -2.11. The molecule has 21 heavy (non-hydrogen) atoms. The molecular weight excluding hydrogens is 292 g/mol. The number of hydrogen-bond acceptors (Lipinski definition) is 5. The molecule has 0 bridgehead atoms. The van der Waals surface area contributed by atoms with Crippen molar-refractivity contribution in [3.05, 3.63) is 47.9 Å². The maximum atomic E-state index is 12.3. The van der Waals surface area contributed by atoms with Crippen LogP contribution in [0.1, 0.15) is 11.3 Å². The van der Waals surface area contributed by atoms with Gasteiger partial charge in [0.05, 0.1) is 13.4 Å². The summed E-state index contributed by atoms with van der Waals surface area (Å²) in [7, 11) is -2.21. The quantitative estimate of drug-likeness (QED) is 0.803. The van der Waals surface area contributed by atoms with Gasteiger partial charge in [0, 0.05) is 19.5 Å². The van der Waals surface area contributed by atoms with Crippen LogP contribution < -0.4 is 15.2 Å². The average Bonchev–Trinajstić information content (AvgIpc) is 2.99. The fraction of sp³-hybridized carbons (Fsp3) is 0.286. The molecule has 0 spiro atoms. The van der Waals surface area contributed by atoms with E-state index in [4.69, 9.17) is 14.9 Å². The summed E-state index contributed by atoms with van der Waals surface area (Å²) < 4.78 is 37.4. The van der Waals surface area contributed by atoms with Crippen LogP contribution in [0, 0.1) is 0 Å². The molecular formula is C14H18N2O4S. The second kappa shape index (κ2) is 6.75. The highest BCUT2D eigenvalue weighted by Gasteiger charge is 2.19. The predicted molar refractivity (Wildman–Crippen MR) is 78.5 cm³/mol. The van der Waals surface area contributed by atoms with Crippen LogP contribution in [0.5, 0.6) is 5.75 Å². The van der Waals surface area contributed by atoms with Gasteiger partial charge >= 0.3 is 0 Å². The Bertz CT molecular complexity index is 681. The van der Waals surface area contributed by atoms with E-state index < -0.39 is 10.0 Å². The Hall–Kier alpha value is -1.83. The highest BCUT2D eigenvalue weighted by atomic mass is 32.2. The van der Waals surface area contributed by atoms with Gasteiger partial charge in [-0.3, -0.25) is 0 Å². The third-order valence-electron chi connectivity index (χ3n) is 3.00. The van der Waals surface area contributed by atoms with Gasteiger partial charge in [-0.2, -0.15) is 0 Å². The van der Waals surface area contributed by atoms with Crippen LogP contribution >= 0.6 is 0 Å². The van der Waals surface area contributed by atoms with Gasteiger partial charge in [0.15, 0.2) is 0 Å². The van der Waals surface area contributed by atoms with Crippen molar-refractivity contribution in [1.29, 1.82) is 0 Å². The number of methoxy groups -OCH3 is 1. The van der Waals surface area contributed by atoms with Crippen LogP contribution in [0.4, 0.5) is 0 Å². The third kappa shape index (κ3) is 3.84. The van der Waals surface area contributed by atoms with E-state index in [0.29, 0.717) is 13.0 Å². The molecule has 2 rings (SSSR count). The number of rotatable bonds is 7. The second-order valence-corrected chi connectivity index (χ2v) is 6.15. The van der Waals surface area contributed by atoms with E-state index >= 15 is 0 Å². The first-order valence-corrected chi connectivity index (χ1v) is 7.94. The highest BCUT2D eigenvalue weighted by molar-refractivity contribution is 7.89. The summed E-state index contributed by atoms with van der Waals surface area (Å²) in [4.78, 5) is 0.0987. The van der Waals surface area contributed by atoms with Crippen LogP contribution in [0.3, 0.4) is 0 Å². The fourth-order valence-electron chi connectivity index (χ4n) is 1.90. The highest BCUT2D eigenvalue weighted by Crippen LogP contribution is 2.24. The van der Waals surface area contributed by atoms with Gasteiger partial charge in [0.25, 0.3) is 0 Å². The minimum atomic E-state index is -3.64. The Morgan fingerprint density at radius 2 is 2.14 bits per heavy atom. The van der Waals surface area contributed by atoms with Crippen LogP contribution in [-0.4, -0.2) is 22.1 Å². The molecule has 1 aromatic heterocycles. The van der Waals surface area contributed by atoms with Crippen molar-refractivity contribution in [3.63, 3.8) is 0 Å². The van der Waals surface area contributed by atoms with Crippen molar-refractivity contribution in [2.75, 3.05) is 13.7 Å². The molecule has 1 heterocycles. The van der Waals surface area contributed by atoms with E-state index in [1.165, 1.54) is 13.2 Å². The molecule has 3 N–H and O–H groups in total. The third-order valence-corrected chi connectivity index (χ3v) is 4.50. The Labute approximate surface area is 124 Å². The minimum Gasteiger partial charge on any atom is -0.495 e. The molecule has 1 aromatic carbocycles. The molecule has 0 aliphatic carbocycles. The summed E-state index contributed by atoms with van der Waals surface area (Å²) >= 11 is 0. The van der Waals surface area contributed by atoms with E-state index in [0.717, 1.165) is 11.3 Å². The molecule has 2 aromatic rings. The molecule has 114 valence electrons. The molecule has 0 saturated carbocycles. The Morgan fingerprint density at radius 3 is 2.76 bits per heavy atom. The molecule has 0 fully saturated rings. The standard InChI is InChI=1S/C14H18N2O4S/c1-19-13-9-11(10-15)4-5-14(13)21(17,18)16-7-6-12-3-2-8-20-12/h2-5,8-9,16H,6-7,10,15H2,1H3. The summed E-state index contributed by atoms with van der Waals surface area (Å²) in [5.41, 5.74) is 6.34. The number of benzene rings is 1. The van der Waals surface area contributed by atoms with Crippen molar-refractivity contribution in [3.8, 4) is 5.75 Å². The molecule has 0 radical (unpaired) electrons. The second-order valence-electron chi connectivity index (χ2n) is 4.42. The van der Waals surface area contributed by atoms with Gasteiger partial charge < -0.3 is 14.9 Å². The summed E-state index contributed by atoms with van der Waals surface area (Å²) in [6.07, 6.45) is 2.04. The number of sulfonamides is 1. The zero-order valence-electron chi connectivity index (χ0n) is 11.7. The first-order valence-electron chi connectivity index (χ1n) is 6.46. The van der Waals surface area contributed by atoms with Crippen LogP contribution in [0.25, 0.3) is 0 Å². The number of nitrogens with one attached hydrogen (secondary N) is 1. The van der Waals surface area contributed by atoms with Gasteiger partial charge in [-0.1, -0.05) is 6.07 Å². The first kappa shape index (κ1) is 15.6. The van der Waals surface area contributed by atoms with Crippen molar-refractivity contribution in [2.24, 2.45) is 5.73 Å². The lowest BCUT2D eigenvalue weighted by atomic mass is 10.2. The summed E-state index contributed by atoms with van der Waals surface area (Å²) in [6.45, 7) is 0.570. The summed E-state index contributed by atoms with van der Waals surface area (Å²) in [6, 6.07) is 8.35. The SMILES string of the molecule is COc1cc(CN)ccc1S(=O)(=O)NCCc1ccco1. The molecule has 0 amide bonds. The first-order chi connectivity index (χ1) is 10.1. The Kier molecular flexibility index (Phi) is 5.00. The van der Waals surface area contributed by atoms with Crippen LogP contribution in [0.2, 0.25) is 0 Å². The Balaban J connectivity index is 2.11. The maximum Gasteiger partial charge on any atom is 0.244 e. The number of furan rings is 1. The fourth-order valence-corrected chi connectivity index (χ4v) is 3.08. The van der Waals surface area contributed by atoms with Crippen molar-refractivity contribution in [1.82, 2.24) is 4.72 Å². The largest absolute Gasteiger partial charge is 0.495 e. The number of hydrogen-bond donors (Lipinski definition) is 2. The lowest BCUT2D eigenvalue weighted by Crippen LogP contribution is -2.26. The minimum absolute atomic E-state index is 0.0987. The maximum absolute atomic E-state index is 12.3. The molecule has 0 saturated heterocycles. The van der Waals surface area contributed by atoms with Crippen LogP contribution in [-0.2, 0) is 23.0 Å². The van der Waals surface area contributed by atoms with E-state index in [9.17, 15) is 8.42 Å². The van der Waals surface area contributed by atoms with Crippen molar-refractivity contribution in [2.45, 2.75) is 17.9 Å². The van der Waals surface area contributed by atoms with Crippen molar-refractivity contribution < 1.29 is 17.6 Å². The van der Waals surface area contributed by atoms with Crippen LogP contribution in [0.15, 0.2) is 45.9 Å². The molecule has 0 unspecified atom stereocenters. The number of nitrogens with two attached hydrogens (primary N) is 1. The van der Waals surface area contributed by atoms with Gasteiger partial charge in [0.1, 0.15) is 16.4 Å². The van der Waals surface area contributed by atoms with E-state index in [-0.39, 0.29) is 17.2 Å². The van der Waals surface area contributed by atoms with E-state index in [2.05, 4.69) is 4.72 Å². The normalized spacial score (nSPS) is 11.5. The van der Waals surface area contributed by atoms with Gasteiger partial charge in [0.2, 0.25) is 10.0 Å². The van der Waals surface area contributed by atoms with E-state index in [1.54, 1.807) is 30.5 Å². The molecule has 0 aliphatic heterocycles. The van der Waals surface area contributed by atoms with E-state index in [1.807, 2.05) is 0 Å². The molecule has 7 heteroatoms. The predicted octanol–water partition coefficient (Wildman–Crippen LogP) is 1.27. The van der Waals surface area contributed by atoms with Gasteiger partial charge in [-0.05, 0) is 29.8 Å². The summed E-state index contributed by atoms with van der Waals surface area (Å²) in [5, 5.41) is 0. The number of ether oxygens (including phenoxy) is 1. The van der Waals surface area contributed by atoms with Crippen molar-refractivity contribution >= 4 is 10.0 Å². The van der Waals surface area contributed by atoms with Gasteiger partial charge in [-0.25, -0.2) is 13.1 Å². The molecule has 0 atom stereocenters. The smallest absolute Gasteiger partial charge is 0.244 e. The molecule has 0 aliphatic rings.